The van der Waals surface area contributed by atoms with Crippen molar-refractivity contribution in [2.24, 2.45) is 5.92 Å². The molecule has 0 heterocycles. The van der Waals surface area contributed by atoms with Crippen LogP contribution in [0.4, 0.5) is 13.2 Å². The molecule has 0 bridgehead atoms. The third kappa shape index (κ3) is 4.84. The topological polar surface area (TPSA) is 23.8 Å². The second-order valence-corrected chi connectivity index (χ2v) is 7.42. The first-order chi connectivity index (χ1) is 13.6. The number of nitriles is 1. The number of nitrogens with zero attached hydrogens (tertiary/aromatic N) is 1. The van der Waals surface area contributed by atoms with Gasteiger partial charge in [-0.05, 0) is 79.2 Å². The van der Waals surface area contributed by atoms with Gasteiger partial charge in [-0.1, -0.05) is 36.4 Å². The number of unbranched alkanes of at least 4 members (excludes halogenated alkanes) is 1. The van der Waals surface area contributed by atoms with Crippen LogP contribution in [0.25, 0.3) is 11.1 Å². The molecule has 0 radical (unpaired) electrons. The fourth-order valence-electron chi connectivity index (χ4n) is 3.92. The molecule has 28 heavy (non-hydrogen) atoms. The SMILES string of the molecule is N#Cc1c(F)cc(-c2ccc(C3CCC(C=CCCCF)CC3)cc2)cc1F. The Bertz CT molecular complexity index is 833. The normalized spacial score (nSPS) is 19.6. The van der Waals surface area contributed by atoms with E-state index in [1.165, 1.54) is 17.7 Å². The minimum Gasteiger partial charge on any atom is -0.251 e. The van der Waals surface area contributed by atoms with Crippen LogP contribution >= 0.6 is 0 Å². The molecule has 0 aliphatic heterocycles. The molecular weight excluding hydrogens is 359 g/mol. The molecular formula is C24H24F3N. The van der Waals surface area contributed by atoms with Crippen LogP contribution in [0.5, 0.6) is 0 Å². The van der Waals surface area contributed by atoms with Gasteiger partial charge in [0.2, 0.25) is 0 Å². The van der Waals surface area contributed by atoms with Crippen molar-refractivity contribution in [2.45, 2.75) is 44.4 Å². The molecule has 0 aromatic heterocycles. The van der Waals surface area contributed by atoms with Gasteiger partial charge in [-0.15, -0.1) is 0 Å². The lowest BCUT2D eigenvalue weighted by molar-refractivity contribution is 0.375. The average Bonchev–Trinajstić information content (AvgIpc) is 2.72. The van der Waals surface area contributed by atoms with Crippen LogP contribution in [0.3, 0.4) is 0 Å². The molecule has 4 heteroatoms. The molecule has 1 aliphatic rings. The second kappa shape index (κ2) is 9.59. The highest BCUT2D eigenvalue weighted by Crippen LogP contribution is 2.37. The van der Waals surface area contributed by atoms with E-state index < -0.39 is 17.2 Å². The van der Waals surface area contributed by atoms with Gasteiger partial charge in [0.1, 0.15) is 23.3 Å². The third-order valence-electron chi connectivity index (χ3n) is 5.55. The molecule has 0 atom stereocenters. The lowest BCUT2D eigenvalue weighted by atomic mass is 9.78. The molecule has 0 unspecified atom stereocenters. The van der Waals surface area contributed by atoms with Crippen LogP contribution in [0.1, 0.15) is 55.6 Å². The smallest absolute Gasteiger partial charge is 0.144 e. The van der Waals surface area contributed by atoms with Gasteiger partial charge in [-0.25, -0.2) is 8.78 Å². The first-order valence-corrected chi connectivity index (χ1v) is 9.84. The van der Waals surface area contributed by atoms with Crippen molar-refractivity contribution < 1.29 is 13.2 Å². The Kier molecular flexibility index (Phi) is 6.92. The number of allylic oxidation sites excluding steroid dienone is 2. The lowest BCUT2D eigenvalue weighted by Gasteiger charge is -2.27. The Balaban J connectivity index is 1.63. The first kappa shape index (κ1) is 20.2. The average molecular weight is 383 g/mol. The molecule has 1 aliphatic carbocycles. The van der Waals surface area contributed by atoms with Crippen LogP contribution in [-0.4, -0.2) is 6.67 Å². The van der Waals surface area contributed by atoms with E-state index in [-0.39, 0.29) is 6.67 Å². The fraction of sp³-hybridized carbons (Fsp3) is 0.375. The van der Waals surface area contributed by atoms with Gasteiger partial charge in [-0.2, -0.15) is 5.26 Å². The molecule has 0 spiro atoms. The molecule has 1 fully saturated rings. The van der Waals surface area contributed by atoms with Crippen LogP contribution < -0.4 is 0 Å². The van der Waals surface area contributed by atoms with E-state index in [2.05, 4.69) is 12.2 Å². The van der Waals surface area contributed by atoms with Crippen LogP contribution in [0.2, 0.25) is 0 Å². The Morgan fingerprint density at radius 2 is 1.61 bits per heavy atom. The summed E-state index contributed by atoms with van der Waals surface area (Å²) in [6.07, 6.45) is 10.2. The molecule has 2 aromatic rings. The Hall–Kier alpha value is -2.54. The number of alkyl halides is 1. The Morgan fingerprint density at radius 3 is 2.18 bits per heavy atom. The predicted molar refractivity (Wildman–Crippen MR) is 106 cm³/mol. The molecule has 0 saturated heterocycles. The Morgan fingerprint density at radius 1 is 0.964 bits per heavy atom. The molecule has 0 amide bonds. The van der Waals surface area contributed by atoms with E-state index >= 15 is 0 Å². The largest absolute Gasteiger partial charge is 0.251 e. The minimum absolute atomic E-state index is 0.255. The van der Waals surface area contributed by atoms with Gasteiger partial charge in [0, 0.05) is 0 Å². The lowest BCUT2D eigenvalue weighted by Crippen LogP contribution is -2.11. The van der Waals surface area contributed by atoms with Crippen molar-refractivity contribution in [1.29, 1.82) is 5.26 Å². The fourth-order valence-corrected chi connectivity index (χ4v) is 3.92. The van der Waals surface area contributed by atoms with E-state index in [9.17, 15) is 13.2 Å². The Labute approximate surface area is 164 Å². The van der Waals surface area contributed by atoms with Crippen molar-refractivity contribution in [3.05, 3.63) is 71.3 Å². The van der Waals surface area contributed by atoms with Crippen molar-refractivity contribution in [1.82, 2.24) is 0 Å². The standard InChI is InChI=1S/C24H24F3N/c25-13-3-1-2-4-17-5-7-18(8-6-17)19-9-11-20(12-10-19)21-14-23(26)22(16-28)24(27)15-21/h2,4,9-12,14-15,17-18H,1,3,5-8,13H2. The molecule has 0 N–H and O–H groups in total. The summed E-state index contributed by atoms with van der Waals surface area (Å²) in [6.45, 7) is -0.255. The maximum Gasteiger partial charge on any atom is 0.144 e. The molecule has 2 aromatic carbocycles. The van der Waals surface area contributed by atoms with Gasteiger partial charge in [-0.3, -0.25) is 4.39 Å². The van der Waals surface area contributed by atoms with Crippen molar-refractivity contribution in [3.63, 3.8) is 0 Å². The first-order valence-electron chi connectivity index (χ1n) is 9.84. The van der Waals surface area contributed by atoms with Crippen LogP contribution in [0, 0.1) is 28.9 Å². The maximum atomic E-state index is 13.8. The van der Waals surface area contributed by atoms with Gasteiger partial charge in [0.25, 0.3) is 0 Å². The second-order valence-electron chi connectivity index (χ2n) is 7.42. The van der Waals surface area contributed by atoms with Gasteiger partial charge >= 0.3 is 0 Å². The summed E-state index contributed by atoms with van der Waals surface area (Å²) in [5.41, 5.74) is 1.87. The monoisotopic (exact) mass is 383 g/mol. The van der Waals surface area contributed by atoms with Crippen LogP contribution in [0.15, 0.2) is 48.6 Å². The highest BCUT2D eigenvalue weighted by Gasteiger charge is 2.21. The summed E-state index contributed by atoms with van der Waals surface area (Å²) in [5.74, 6) is -0.586. The quantitative estimate of drug-likeness (QED) is 0.386. The van der Waals surface area contributed by atoms with E-state index in [1.54, 1.807) is 6.07 Å². The number of hydrogen-bond donors (Lipinski definition) is 0. The van der Waals surface area contributed by atoms with E-state index in [1.807, 2.05) is 24.3 Å². The summed E-state index contributed by atoms with van der Waals surface area (Å²) in [6, 6.07) is 11.8. The number of benzene rings is 2. The van der Waals surface area contributed by atoms with Crippen molar-refractivity contribution >= 4 is 0 Å². The van der Waals surface area contributed by atoms with E-state index in [0.29, 0.717) is 23.8 Å². The summed E-state index contributed by atoms with van der Waals surface area (Å²) >= 11 is 0. The summed E-state index contributed by atoms with van der Waals surface area (Å²) < 4.78 is 39.8. The van der Waals surface area contributed by atoms with E-state index in [0.717, 1.165) is 37.7 Å². The number of hydrogen-bond acceptors (Lipinski definition) is 1. The minimum atomic E-state index is -0.834. The molecule has 3 rings (SSSR count). The zero-order chi connectivity index (χ0) is 19.9. The number of rotatable bonds is 6. The maximum absolute atomic E-state index is 13.8. The van der Waals surface area contributed by atoms with Crippen molar-refractivity contribution in [3.8, 4) is 17.2 Å². The zero-order valence-corrected chi connectivity index (χ0v) is 15.8. The predicted octanol–water partition coefficient (Wildman–Crippen LogP) is 7.08. The zero-order valence-electron chi connectivity index (χ0n) is 15.8. The van der Waals surface area contributed by atoms with Gasteiger partial charge < -0.3 is 0 Å². The van der Waals surface area contributed by atoms with Crippen LogP contribution in [-0.2, 0) is 0 Å². The van der Waals surface area contributed by atoms with Gasteiger partial charge in [0.05, 0.1) is 6.67 Å². The molecule has 1 saturated carbocycles. The number of halogens is 3. The highest BCUT2D eigenvalue weighted by molar-refractivity contribution is 5.65. The summed E-state index contributed by atoms with van der Waals surface area (Å²) in [7, 11) is 0. The molecule has 146 valence electrons. The van der Waals surface area contributed by atoms with Crippen molar-refractivity contribution in [2.75, 3.05) is 6.67 Å². The molecule has 1 nitrogen and oxygen atoms in total. The summed E-state index contributed by atoms with van der Waals surface area (Å²) in [5, 5.41) is 8.78. The van der Waals surface area contributed by atoms with Gasteiger partial charge in [0.15, 0.2) is 0 Å². The third-order valence-corrected chi connectivity index (χ3v) is 5.55. The summed E-state index contributed by atoms with van der Waals surface area (Å²) in [4.78, 5) is 0. The van der Waals surface area contributed by atoms with E-state index in [4.69, 9.17) is 5.26 Å². The highest BCUT2D eigenvalue weighted by atomic mass is 19.1.